The Labute approximate surface area is 132 Å². The predicted molar refractivity (Wildman–Crippen MR) is 89.7 cm³/mol. The molecule has 0 N–H and O–H groups in total. The van der Waals surface area contributed by atoms with Gasteiger partial charge in [-0.2, -0.15) is 0 Å². The van der Waals surface area contributed by atoms with Crippen LogP contribution in [-0.4, -0.2) is 38.1 Å². The highest BCUT2D eigenvalue weighted by Gasteiger charge is 2.22. The Hall–Kier alpha value is -2.40. The van der Waals surface area contributed by atoms with Gasteiger partial charge in [0.2, 0.25) is 5.43 Å². The lowest BCUT2D eigenvalue weighted by molar-refractivity contribution is 0.312. The first kappa shape index (κ1) is 14.2. The fraction of sp³-hybridized carbons (Fsp3) is 0.278. The Bertz CT molecular complexity index is 943. The Kier molecular flexibility index (Phi) is 3.31. The van der Waals surface area contributed by atoms with Crippen molar-refractivity contribution in [1.29, 1.82) is 0 Å². The summed E-state index contributed by atoms with van der Waals surface area (Å²) in [5.41, 5.74) is 1.16. The molecule has 1 saturated heterocycles. The number of likely N-dealkylation sites (N-methyl/N-ethyl adjacent to an activating group) is 1. The first-order valence-electron chi connectivity index (χ1n) is 7.73. The zero-order chi connectivity index (χ0) is 16.0. The van der Waals surface area contributed by atoms with Crippen LogP contribution in [0.15, 0.2) is 45.6 Å². The lowest BCUT2D eigenvalue weighted by Crippen LogP contribution is -2.45. The average Bonchev–Trinajstić information content (AvgIpc) is 2.57. The van der Waals surface area contributed by atoms with Crippen molar-refractivity contribution in [3.8, 4) is 0 Å². The van der Waals surface area contributed by atoms with Crippen LogP contribution in [0.5, 0.6) is 0 Å². The van der Waals surface area contributed by atoms with Gasteiger partial charge in [-0.25, -0.2) is 4.39 Å². The number of rotatable bonds is 1. The monoisotopic (exact) mass is 312 g/mol. The van der Waals surface area contributed by atoms with Crippen LogP contribution < -0.4 is 10.3 Å². The third kappa shape index (κ3) is 2.28. The molecule has 1 aromatic heterocycles. The second kappa shape index (κ2) is 5.35. The molecule has 0 saturated carbocycles. The van der Waals surface area contributed by atoms with Crippen molar-refractivity contribution in [1.82, 2.24) is 4.90 Å². The molecule has 1 aliphatic rings. The highest BCUT2D eigenvalue weighted by Crippen LogP contribution is 2.30. The topological polar surface area (TPSA) is 36.7 Å². The van der Waals surface area contributed by atoms with E-state index in [1.807, 2.05) is 18.0 Å². The second-order valence-corrected chi connectivity index (χ2v) is 5.99. The van der Waals surface area contributed by atoms with Crippen LogP contribution >= 0.6 is 0 Å². The van der Waals surface area contributed by atoms with Gasteiger partial charge in [0.15, 0.2) is 0 Å². The molecule has 1 aliphatic heterocycles. The van der Waals surface area contributed by atoms with Crippen LogP contribution in [0.2, 0.25) is 0 Å². The van der Waals surface area contributed by atoms with Gasteiger partial charge in [-0.05, 0) is 31.3 Å². The molecule has 0 bridgehead atoms. The fourth-order valence-corrected chi connectivity index (χ4v) is 3.19. The SMILES string of the molecule is CN1CCN(c2c(F)ccc3oc4ccccc4c(=O)c23)CC1. The first-order chi connectivity index (χ1) is 11.1. The standard InChI is InChI=1S/C18H17FN2O2/c1-20-8-10-21(11-9-20)17-13(19)6-7-15-16(17)18(22)12-4-2-3-5-14(12)23-15/h2-7H,8-11H2,1H3. The average molecular weight is 312 g/mol. The molecule has 0 aliphatic carbocycles. The summed E-state index contributed by atoms with van der Waals surface area (Å²) >= 11 is 0. The second-order valence-electron chi connectivity index (χ2n) is 5.99. The maximum absolute atomic E-state index is 14.5. The molecule has 2 heterocycles. The van der Waals surface area contributed by atoms with Gasteiger partial charge in [-0.3, -0.25) is 4.79 Å². The Morgan fingerprint density at radius 2 is 1.74 bits per heavy atom. The molecule has 1 fully saturated rings. The molecule has 0 atom stereocenters. The van der Waals surface area contributed by atoms with Gasteiger partial charge in [-0.15, -0.1) is 0 Å². The molecule has 0 radical (unpaired) electrons. The van der Waals surface area contributed by atoms with Crippen molar-refractivity contribution in [3.63, 3.8) is 0 Å². The normalized spacial score (nSPS) is 16.3. The minimum atomic E-state index is -0.371. The number of para-hydroxylation sites is 1. The van der Waals surface area contributed by atoms with Crippen LogP contribution in [-0.2, 0) is 0 Å². The summed E-state index contributed by atoms with van der Waals surface area (Å²) in [6.45, 7) is 3.07. The van der Waals surface area contributed by atoms with Gasteiger partial charge in [-0.1, -0.05) is 12.1 Å². The van der Waals surface area contributed by atoms with Gasteiger partial charge in [0.25, 0.3) is 0 Å². The molecule has 0 unspecified atom stereocenters. The number of nitrogens with zero attached hydrogens (tertiary/aromatic N) is 2. The fourth-order valence-electron chi connectivity index (χ4n) is 3.19. The molecule has 4 nitrogen and oxygen atoms in total. The zero-order valence-corrected chi connectivity index (χ0v) is 12.9. The van der Waals surface area contributed by atoms with Crippen molar-refractivity contribution in [2.45, 2.75) is 0 Å². The Morgan fingerprint density at radius 1 is 1.00 bits per heavy atom. The summed E-state index contributed by atoms with van der Waals surface area (Å²) in [6.07, 6.45) is 0. The van der Waals surface area contributed by atoms with E-state index in [9.17, 15) is 9.18 Å². The zero-order valence-electron chi connectivity index (χ0n) is 12.9. The predicted octanol–water partition coefficient (Wildman–Crippen LogP) is 2.84. The van der Waals surface area contributed by atoms with Gasteiger partial charge < -0.3 is 14.2 Å². The molecule has 23 heavy (non-hydrogen) atoms. The third-order valence-electron chi connectivity index (χ3n) is 4.49. The quantitative estimate of drug-likeness (QED) is 0.648. The summed E-state index contributed by atoms with van der Waals surface area (Å²) in [7, 11) is 2.04. The van der Waals surface area contributed by atoms with Crippen molar-refractivity contribution < 1.29 is 8.81 Å². The van der Waals surface area contributed by atoms with Crippen molar-refractivity contribution in [3.05, 3.63) is 52.4 Å². The number of hydrogen-bond donors (Lipinski definition) is 0. The van der Waals surface area contributed by atoms with Gasteiger partial charge in [0, 0.05) is 26.2 Å². The molecule has 3 aromatic rings. The third-order valence-corrected chi connectivity index (χ3v) is 4.49. The van der Waals surface area contributed by atoms with Crippen LogP contribution in [0, 0.1) is 5.82 Å². The van der Waals surface area contributed by atoms with Crippen molar-refractivity contribution >= 4 is 27.6 Å². The van der Waals surface area contributed by atoms with Crippen LogP contribution in [0.25, 0.3) is 21.9 Å². The minimum Gasteiger partial charge on any atom is -0.456 e. The van der Waals surface area contributed by atoms with Crippen LogP contribution in [0.1, 0.15) is 0 Å². The van der Waals surface area contributed by atoms with Crippen molar-refractivity contribution in [2.75, 3.05) is 38.1 Å². The molecule has 0 spiro atoms. The van der Waals surface area contributed by atoms with E-state index in [0.29, 0.717) is 40.7 Å². The molecule has 2 aromatic carbocycles. The summed E-state index contributed by atoms with van der Waals surface area (Å²) in [5.74, 6) is -0.371. The molecule has 4 rings (SSSR count). The van der Waals surface area contributed by atoms with E-state index in [-0.39, 0.29) is 11.2 Å². The lowest BCUT2D eigenvalue weighted by Gasteiger charge is -2.34. The van der Waals surface area contributed by atoms with Gasteiger partial charge in [0.05, 0.1) is 16.5 Å². The van der Waals surface area contributed by atoms with E-state index in [1.54, 1.807) is 18.2 Å². The van der Waals surface area contributed by atoms with Gasteiger partial charge >= 0.3 is 0 Å². The number of hydrogen-bond acceptors (Lipinski definition) is 4. The van der Waals surface area contributed by atoms with Gasteiger partial charge in [0.1, 0.15) is 17.0 Å². The van der Waals surface area contributed by atoms with E-state index in [2.05, 4.69) is 4.90 Å². The van der Waals surface area contributed by atoms with E-state index in [4.69, 9.17) is 4.42 Å². The first-order valence-corrected chi connectivity index (χ1v) is 7.73. The van der Waals surface area contributed by atoms with Crippen LogP contribution in [0.4, 0.5) is 10.1 Å². The number of benzene rings is 2. The number of piperazine rings is 1. The molecule has 118 valence electrons. The maximum atomic E-state index is 14.5. The lowest BCUT2D eigenvalue weighted by atomic mass is 10.1. The Balaban J connectivity index is 2.01. The molecule has 5 heteroatoms. The highest BCUT2D eigenvalue weighted by atomic mass is 19.1. The molecular weight excluding hydrogens is 295 g/mol. The molecule has 0 amide bonds. The smallest absolute Gasteiger partial charge is 0.202 e. The highest BCUT2D eigenvalue weighted by molar-refractivity contribution is 5.97. The molecular formula is C18H17FN2O2. The number of fused-ring (bicyclic) bond motifs is 2. The van der Waals surface area contributed by atoms with E-state index in [1.165, 1.54) is 12.1 Å². The summed E-state index contributed by atoms with van der Waals surface area (Å²) in [5, 5.41) is 0.828. The Morgan fingerprint density at radius 3 is 2.52 bits per heavy atom. The van der Waals surface area contributed by atoms with E-state index in [0.717, 1.165) is 13.1 Å². The van der Waals surface area contributed by atoms with Crippen molar-refractivity contribution in [2.24, 2.45) is 0 Å². The van der Waals surface area contributed by atoms with Crippen LogP contribution in [0.3, 0.4) is 0 Å². The number of halogens is 1. The summed E-state index contributed by atoms with van der Waals surface area (Å²) in [4.78, 5) is 17.0. The summed E-state index contributed by atoms with van der Waals surface area (Å²) in [6, 6.07) is 10.0. The number of anilines is 1. The minimum absolute atomic E-state index is 0.171. The summed E-state index contributed by atoms with van der Waals surface area (Å²) < 4.78 is 20.4. The largest absolute Gasteiger partial charge is 0.456 e. The van der Waals surface area contributed by atoms with E-state index >= 15 is 0 Å². The van der Waals surface area contributed by atoms with E-state index < -0.39 is 0 Å². The maximum Gasteiger partial charge on any atom is 0.202 e.